The molecule has 2 aromatic carbocycles. The smallest absolute Gasteiger partial charge is 0.387 e. The number of aromatic nitrogens is 4. The Morgan fingerprint density at radius 1 is 1.19 bits per heavy atom. The van der Waals surface area contributed by atoms with Crippen molar-refractivity contribution in [3.8, 4) is 22.9 Å². The number of methoxy groups -OCH3 is 1. The average Bonchev–Trinajstić information content (AvgIpc) is 3.24. The summed E-state index contributed by atoms with van der Waals surface area (Å²) in [6.07, 6.45) is 0.865. The number of alkyl halides is 2. The van der Waals surface area contributed by atoms with Gasteiger partial charge in [-0.25, -0.2) is 0 Å². The van der Waals surface area contributed by atoms with Crippen molar-refractivity contribution in [1.82, 2.24) is 25.5 Å². The zero-order chi connectivity index (χ0) is 23.1. The molecule has 32 heavy (non-hydrogen) atoms. The summed E-state index contributed by atoms with van der Waals surface area (Å²) in [4.78, 5) is 13.9. The Morgan fingerprint density at radius 3 is 2.59 bits per heavy atom. The highest BCUT2D eigenvalue weighted by Crippen LogP contribution is 2.29. The van der Waals surface area contributed by atoms with E-state index >= 15 is 0 Å². The molecule has 0 aliphatic rings. The van der Waals surface area contributed by atoms with Gasteiger partial charge in [-0.3, -0.25) is 4.79 Å². The van der Waals surface area contributed by atoms with Gasteiger partial charge in [0.05, 0.1) is 7.11 Å². The van der Waals surface area contributed by atoms with Gasteiger partial charge in [-0.05, 0) is 60.0 Å². The van der Waals surface area contributed by atoms with Crippen molar-refractivity contribution in [2.24, 2.45) is 0 Å². The van der Waals surface area contributed by atoms with Gasteiger partial charge in [0.1, 0.15) is 0 Å². The third-order valence-corrected chi connectivity index (χ3v) is 4.91. The van der Waals surface area contributed by atoms with Crippen molar-refractivity contribution in [3.05, 3.63) is 53.1 Å². The molecule has 0 saturated carbocycles. The maximum atomic E-state index is 12.7. The van der Waals surface area contributed by atoms with Crippen LogP contribution in [0, 0.1) is 0 Å². The molecule has 3 aromatic rings. The summed E-state index contributed by atoms with van der Waals surface area (Å²) in [5.74, 6) is 0.264. The molecule has 0 aliphatic heterocycles. The fraction of sp³-hybridized carbons (Fsp3) is 0.333. The number of halogens is 3. The third-order valence-electron chi connectivity index (χ3n) is 4.66. The molecule has 1 amide bonds. The van der Waals surface area contributed by atoms with Gasteiger partial charge in [-0.1, -0.05) is 24.6 Å². The fourth-order valence-electron chi connectivity index (χ4n) is 3.04. The molecule has 1 atom stereocenters. The van der Waals surface area contributed by atoms with Crippen molar-refractivity contribution >= 4 is 17.5 Å². The highest BCUT2D eigenvalue weighted by Gasteiger charge is 2.22. The molecule has 1 aromatic heterocycles. The van der Waals surface area contributed by atoms with E-state index in [0.29, 0.717) is 29.3 Å². The first kappa shape index (κ1) is 23.4. The molecule has 0 saturated heterocycles. The zero-order valence-corrected chi connectivity index (χ0v) is 18.2. The summed E-state index contributed by atoms with van der Waals surface area (Å²) < 4.78 is 34.7. The standard InChI is InChI=1S/C21H22ClF2N5O3/c1-3-16(29-27-19(26-28-29)14-5-7-15(22)8-6-14)20(30)25-11-10-13-4-9-17(31-2)18(12-13)32-21(23)24/h4-9,12,16,21H,3,10-11H2,1-2H3,(H,25,30). The molecule has 170 valence electrons. The number of carbonyl (C=O) groups excluding carboxylic acids is 1. The molecular weight excluding hydrogens is 444 g/mol. The van der Waals surface area contributed by atoms with E-state index in [1.807, 2.05) is 6.92 Å². The normalized spacial score (nSPS) is 11.9. The van der Waals surface area contributed by atoms with E-state index in [9.17, 15) is 13.6 Å². The van der Waals surface area contributed by atoms with Crippen LogP contribution in [0.1, 0.15) is 24.9 Å². The quantitative estimate of drug-likeness (QED) is 0.488. The molecule has 1 unspecified atom stereocenters. The van der Waals surface area contributed by atoms with Crippen molar-refractivity contribution in [2.45, 2.75) is 32.4 Å². The molecule has 0 fully saturated rings. The predicted octanol–water partition coefficient (Wildman–Crippen LogP) is 3.91. The van der Waals surface area contributed by atoms with Gasteiger partial charge in [0.15, 0.2) is 17.5 Å². The van der Waals surface area contributed by atoms with E-state index in [1.165, 1.54) is 18.0 Å². The molecule has 0 bridgehead atoms. The summed E-state index contributed by atoms with van der Waals surface area (Å²) in [5.41, 5.74) is 1.44. The lowest BCUT2D eigenvalue weighted by Gasteiger charge is -2.14. The van der Waals surface area contributed by atoms with Crippen LogP contribution in [0.4, 0.5) is 8.78 Å². The van der Waals surface area contributed by atoms with Crippen molar-refractivity contribution in [3.63, 3.8) is 0 Å². The van der Waals surface area contributed by atoms with Gasteiger partial charge in [-0.2, -0.15) is 13.6 Å². The SMILES string of the molecule is CCC(C(=O)NCCc1ccc(OC)c(OC(F)F)c1)n1nnc(-c2ccc(Cl)cc2)n1. The van der Waals surface area contributed by atoms with Gasteiger partial charge < -0.3 is 14.8 Å². The number of ether oxygens (including phenoxy) is 2. The number of amides is 1. The fourth-order valence-corrected chi connectivity index (χ4v) is 3.16. The lowest BCUT2D eigenvalue weighted by molar-refractivity contribution is -0.125. The molecule has 0 radical (unpaired) electrons. The molecule has 0 spiro atoms. The first-order valence-electron chi connectivity index (χ1n) is 9.86. The Labute approximate surface area is 188 Å². The van der Waals surface area contributed by atoms with Crippen LogP contribution in [0.2, 0.25) is 5.02 Å². The summed E-state index contributed by atoms with van der Waals surface area (Å²) in [7, 11) is 1.37. The van der Waals surface area contributed by atoms with Crippen LogP contribution in [-0.4, -0.2) is 46.4 Å². The van der Waals surface area contributed by atoms with Crippen LogP contribution in [0.25, 0.3) is 11.4 Å². The van der Waals surface area contributed by atoms with E-state index < -0.39 is 12.7 Å². The molecule has 0 aliphatic carbocycles. The predicted molar refractivity (Wildman–Crippen MR) is 114 cm³/mol. The largest absolute Gasteiger partial charge is 0.493 e. The summed E-state index contributed by atoms with van der Waals surface area (Å²) in [5, 5.41) is 15.8. The van der Waals surface area contributed by atoms with Crippen molar-refractivity contribution in [2.75, 3.05) is 13.7 Å². The van der Waals surface area contributed by atoms with Crippen molar-refractivity contribution < 1.29 is 23.0 Å². The Hall–Kier alpha value is -3.27. The monoisotopic (exact) mass is 465 g/mol. The van der Waals surface area contributed by atoms with Gasteiger partial charge in [0, 0.05) is 17.1 Å². The van der Waals surface area contributed by atoms with Crippen LogP contribution in [-0.2, 0) is 11.2 Å². The topological polar surface area (TPSA) is 91.2 Å². The summed E-state index contributed by atoms with van der Waals surface area (Å²) in [6.45, 7) is -0.835. The van der Waals surface area contributed by atoms with E-state index in [1.54, 1.807) is 36.4 Å². The van der Waals surface area contributed by atoms with Crippen LogP contribution >= 0.6 is 11.6 Å². The molecule has 1 heterocycles. The van der Waals surface area contributed by atoms with Gasteiger partial charge >= 0.3 is 6.61 Å². The number of rotatable bonds is 10. The zero-order valence-electron chi connectivity index (χ0n) is 17.5. The minimum atomic E-state index is -2.96. The van der Waals surface area contributed by atoms with E-state index in [-0.39, 0.29) is 24.0 Å². The molecule has 1 N–H and O–H groups in total. The first-order valence-corrected chi connectivity index (χ1v) is 10.2. The Morgan fingerprint density at radius 2 is 1.94 bits per heavy atom. The third kappa shape index (κ3) is 5.91. The number of hydrogen-bond acceptors (Lipinski definition) is 6. The van der Waals surface area contributed by atoms with E-state index in [0.717, 1.165) is 5.56 Å². The maximum absolute atomic E-state index is 12.7. The minimum absolute atomic E-state index is 0.0562. The summed E-state index contributed by atoms with van der Waals surface area (Å²) in [6, 6.07) is 11.1. The molecule has 8 nitrogen and oxygen atoms in total. The number of nitrogens with one attached hydrogen (secondary N) is 1. The minimum Gasteiger partial charge on any atom is -0.493 e. The Balaban J connectivity index is 1.61. The Kier molecular flexibility index (Phi) is 7.93. The molecule has 3 rings (SSSR count). The first-order chi connectivity index (χ1) is 15.4. The van der Waals surface area contributed by atoms with Gasteiger partial charge in [0.25, 0.3) is 0 Å². The second-order valence-corrected chi connectivity index (χ2v) is 7.21. The highest BCUT2D eigenvalue weighted by atomic mass is 35.5. The lowest BCUT2D eigenvalue weighted by atomic mass is 10.1. The van der Waals surface area contributed by atoms with Crippen LogP contribution in [0.5, 0.6) is 11.5 Å². The van der Waals surface area contributed by atoms with Crippen molar-refractivity contribution in [1.29, 1.82) is 0 Å². The number of hydrogen-bond donors (Lipinski definition) is 1. The summed E-state index contributed by atoms with van der Waals surface area (Å²) >= 11 is 5.90. The number of tetrazole rings is 1. The number of benzene rings is 2. The second-order valence-electron chi connectivity index (χ2n) is 6.77. The maximum Gasteiger partial charge on any atom is 0.387 e. The second kappa shape index (κ2) is 10.9. The van der Waals surface area contributed by atoms with Crippen LogP contribution in [0.15, 0.2) is 42.5 Å². The lowest BCUT2D eigenvalue weighted by Crippen LogP contribution is -2.34. The average molecular weight is 466 g/mol. The van der Waals surface area contributed by atoms with E-state index in [2.05, 4.69) is 25.5 Å². The van der Waals surface area contributed by atoms with Crippen LogP contribution < -0.4 is 14.8 Å². The van der Waals surface area contributed by atoms with E-state index in [4.69, 9.17) is 16.3 Å². The van der Waals surface area contributed by atoms with Gasteiger partial charge in [0.2, 0.25) is 11.7 Å². The van der Waals surface area contributed by atoms with Crippen LogP contribution in [0.3, 0.4) is 0 Å². The number of carbonyl (C=O) groups is 1. The highest BCUT2D eigenvalue weighted by molar-refractivity contribution is 6.30. The number of nitrogens with zero attached hydrogens (tertiary/aromatic N) is 4. The molecular formula is C21H22ClF2N5O3. The Bertz CT molecular complexity index is 1050. The molecule has 11 heteroatoms. The van der Waals surface area contributed by atoms with Gasteiger partial charge in [-0.15, -0.1) is 10.2 Å².